The molecule has 0 aliphatic carbocycles. The molecule has 1 aliphatic rings. The van der Waals surface area contributed by atoms with Gasteiger partial charge in [0.15, 0.2) is 0 Å². The van der Waals surface area contributed by atoms with Crippen molar-refractivity contribution in [1.82, 2.24) is 0 Å². The van der Waals surface area contributed by atoms with E-state index in [9.17, 15) is 0 Å². The van der Waals surface area contributed by atoms with Gasteiger partial charge in [0.25, 0.3) is 0 Å². The molecule has 0 fully saturated rings. The van der Waals surface area contributed by atoms with E-state index in [1.165, 1.54) is 0 Å². The molecule has 4 aromatic rings. The molecule has 4 aromatic carbocycles. The topological polar surface area (TPSA) is 48.1 Å². The minimum Gasteiger partial charge on any atom is -0.352 e. The first-order valence-corrected chi connectivity index (χ1v) is 9.31. The van der Waals surface area contributed by atoms with Gasteiger partial charge in [-0.2, -0.15) is 0 Å². The van der Waals surface area contributed by atoms with Crippen LogP contribution in [0.5, 0.6) is 0 Å². The minimum absolute atomic E-state index is 1.01. The fourth-order valence-electron chi connectivity index (χ4n) is 3.38. The van der Waals surface area contributed by atoms with Gasteiger partial charge in [0, 0.05) is 0 Å². The zero-order valence-electron chi connectivity index (χ0n) is 15.2. The first-order chi connectivity index (χ1) is 13.9. The van der Waals surface area contributed by atoms with Crippen molar-refractivity contribution in [2.75, 3.05) is 21.3 Å². The van der Waals surface area contributed by atoms with E-state index < -0.39 is 0 Å². The number of rotatable bonds is 0. The zero-order chi connectivity index (χ0) is 18.8. The molecule has 0 amide bonds. The van der Waals surface area contributed by atoms with Crippen LogP contribution in [0.2, 0.25) is 0 Å². The van der Waals surface area contributed by atoms with Crippen molar-refractivity contribution in [3.8, 4) is 0 Å². The second kappa shape index (κ2) is 7.00. The molecule has 0 aromatic heterocycles. The highest BCUT2D eigenvalue weighted by atomic mass is 15.0. The average Bonchev–Trinajstić information content (AvgIpc) is 2.73. The molecule has 1 heterocycles. The Labute approximate surface area is 164 Å². The van der Waals surface area contributed by atoms with Crippen LogP contribution in [0, 0.1) is 0 Å². The van der Waals surface area contributed by atoms with Crippen LogP contribution in [0.1, 0.15) is 0 Å². The molecule has 28 heavy (non-hydrogen) atoms. The van der Waals surface area contributed by atoms with E-state index in [4.69, 9.17) is 0 Å². The Balaban J connectivity index is 1.70. The summed E-state index contributed by atoms with van der Waals surface area (Å²) in [4.78, 5) is 0. The summed E-state index contributed by atoms with van der Waals surface area (Å²) in [5, 5.41) is 14.3. The zero-order valence-corrected chi connectivity index (χ0v) is 15.2. The van der Waals surface area contributed by atoms with Crippen LogP contribution in [0.25, 0.3) is 0 Å². The second-order valence-corrected chi connectivity index (χ2v) is 6.68. The maximum absolute atomic E-state index is 3.58. The van der Waals surface area contributed by atoms with E-state index in [2.05, 4.69) is 69.8 Å². The average molecular weight is 364 g/mol. The van der Waals surface area contributed by atoms with E-state index in [1.807, 2.05) is 48.5 Å². The smallest absolute Gasteiger partial charge is 0.0624 e. The molecule has 0 atom stereocenters. The number of hydrogen-bond donors (Lipinski definition) is 4. The summed E-state index contributed by atoms with van der Waals surface area (Å²) in [6, 6.07) is 32.9. The maximum Gasteiger partial charge on any atom is 0.0624 e. The van der Waals surface area contributed by atoms with Crippen LogP contribution in [0.15, 0.2) is 97.1 Å². The first-order valence-electron chi connectivity index (χ1n) is 9.31. The summed E-state index contributed by atoms with van der Waals surface area (Å²) < 4.78 is 0. The van der Waals surface area contributed by atoms with Gasteiger partial charge in [-0.05, 0) is 48.5 Å². The number of anilines is 8. The number of nitrogens with one attached hydrogen (secondary N) is 4. The third-order valence-corrected chi connectivity index (χ3v) is 4.79. The minimum atomic E-state index is 1.01. The van der Waals surface area contributed by atoms with Crippen molar-refractivity contribution in [2.24, 2.45) is 0 Å². The predicted molar refractivity (Wildman–Crippen MR) is 119 cm³/mol. The van der Waals surface area contributed by atoms with Gasteiger partial charge < -0.3 is 21.3 Å². The summed E-state index contributed by atoms with van der Waals surface area (Å²) in [6.45, 7) is 0. The van der Waals surface area contributed by atoms with E-state index in [1.54, 1.807) is 0 Å². The Bertz CT molecular complexity index is 871. The lowest BCUT2D eigenvalue weighted by Crippen LogP contribution is -2.05. The molecule has 4 N–H and O–H groups in total. The lowest BCUT2D eigenvalue weighted by Gasteiger charge is -2.22. The molecule has 4 heteroatoms. The SMILES string of the molecule is c1ccc2c(c1)Nc1ccccc1Nc1ccccc1Nc1ccccc1N2. The van der Waals surface area contributed by atoms with Gasteiger partial charge in [0.2, 0.25) is 0 Å². The Hall–Kier alpha value is -3.92. The Morgan fingerprint density at radius 2 is 0.393 bits per heavy atom. The summed E-state index contributed by atoms with van der Waals surface area (Å²) in [6.07, 6.45) is 0. The second-order valence-electron chi connectivity index (χ2n) is 6.68. The molecule has 1 aliphatic heterocycles. The summed E-state index contributed by atoms with van der Waals surface area (Å²) >= 11 is 0. The predicted octanol–water partition coefficient (Wildman–Crippen LogP) is 6.97. The van der Waals surface area contributed by atoms with E-state index in [0.717, 1.165) is 45.5 Å². The van der Waals surface area contributed by atoms with Crippen LogP contribution in [-0.4, -0.2) is 0 Å². The fourth-order valence-corrected chi connectivity index (χ4v) is 3.38. The molecule has 0 radical (unpaired) electrons. The molecule has 136 valence electrons. The summed E-state index contributed by atoms with van der Waals surface area (Å²) in [5.74, 6) is 0. The van der Waals surface area contributed by atoms with Crippen molar-refractivity contribution < 1.29 is 0 Å². The van der Waals surface area contributed by atoms with E-state index in [0.29, 0.717) is 0 Å². The van der Waals surface area contributed by atoms with Gasteiger partial charge in [-0.15, -0.1) is 0 Å². The largest absolute Gasteiger partial charge is 0.352 e. The maximum atomic E-state index is 3.58. The van der Waals surface area contributed by atoms with Crippen LogP contribution < -0.4 is 21.3 Å². The van der Waals surface area contributed by atoms with Gasteiger partial charge in [0.05, 0.1) is 45.5 Å². The van der Waals surface area contributed by atoms with Gasteiger partial charge >= 0.3 is 0 Å². The molecule has 0 saturated heterocycles. The third-order valence-electron chi connectivity index (χ3n) is 4.79. The number of benzene rings is 4. The number of hydrogen-bond acceptors (Lipinski definition) is 4. The number of fused-ring (bicyclic) bond motifs is 4. The first kappa shape index (κ1) is 16.3. The standard InChI is InChI=1S/C24H20N4/c1-2-10-18-17(9-1)25-19-11-3-4-12-20(19)27-23-15-7-8-16-24(23)28-22-14-6-5-13-21(22)26-18/h1-16,25-28H. The highest BCUT2D eigenvalue weighted by Gasteiger charge is 2.12. The quantitative estimate of drug-likeness (QED) is 0.239. The highest BCUT2D eigenvalue weighted by molar-refractivity contribution is 5.90. The van der Waals surface area contributed by atoms with Crippen molar-refractivity contribution in [3.05, 3.63) is 97.1 Å². The molecule has 0 spiro atoms. The molecule has 0 saturated carbocycles. The van der Waals surface area contributed by atoms with Crippen LogP contribution in [-0.2, 0) is 0 Å². The van der Waals surface area contributed by atoms with E-state index >= 15 is 0 Å². The third kappa shape index (κ3) is 3.12. The van der Waals surface area contributed by atoms with Gasteiger partial charge in [-0.1, -0.05) is 48.5 Å². The lowest BCUT2D eigenvalue weighted by atomic mass is 10.1. The molecular formula is C24H20N4. The van der Waals surface area contributed by atoms with Crippen LogP contribution in [0.3, 0.4) is 0 Å². The highest BCUT2D eigenvalue weighted by Crippen LogP contribution is 2.38. The lowest BCUT2D eigenvalue weighted by molar-refractivity contribution is 1.45. The van der Waals surface area contributed by atoms with Crippen molar-refractivity contribution in [3.63, 3.8) is 0 Å². The van der Waals surface area contributed by atoms with Crippen molar-refractivity contribution in [1.29, 1.82) is 0 Å². The Morgan fingerprint density at radius 3 is 0.536 bits per heavy atom. The van der Waals surface area contributed by atoms with Crippen LogP contribution in [0.4, 0.5) is 45.5 Å². The molecular weight excluding hydrogens is 344 g/mol. The fraction of sp³-hybridized carbons (Fsp3) is 0. The Kier molecular flexibility index (Phi) is 4.07. The van der Waals surface area contributed by atoms with Gasteiger partial charge in [0.1, 0.15) is 0 Å². The van der Waals surface area contributed by atoms with Crippen molar-refractivity contribution >= 4 is 45.5 Å². The van der Waals surface area contributed by atoms with E-state index in [-0.39, 0.29) is 0 Å². The van der Waals surface area contributed by atoms with Gasteiger partial charge in [-0.25, -0.2) is 0 Å². The van der Waals surface area contributed by atoms with Crippen molar-refractivity contribution in [2.45, 2.75) is 0 Å². The molecule has 0 unspecified atom stereocenters. The Morgan fingerprint density at radius 1 is 0.250 bits per heavy atom. The monoisotopic (exact) mass is 364 g/mol. The normalized spacial score (nSPS) is 12.0. The molecule has 5 rings (SSSR count). The molecule has 0 bridgehead atoms. The summed E-state index contributed by atoms with van der Waals surface area (Å²) in [5.41, 5.74) is 8.11. The number of para-hydroxylation sites is 8. The molecule has 4 nitrogen and oxygen atoms in total. The van der Waals surface area contributed by atoms with Crippen LogP contribution >= 0.6 is 0 Å². The van der Waals surface area contributed by atoms with Gasteiger partial charge in [-0.3, -0.25) is 0 Å². The summed E-state index contributed by atoms with van der Waals surface area (Å²) in [7, 11) is 0.